The molecule has 0 spiro atoms. The number of para-hydroxylation sites is 1. The van der Waals surface area contributed by atoms with Crippen LogP contribution in [0.5, 0.6) is 5.75 Å². The number of fused-ring (bicyclic) bond motifs is 1. The molecule has 0 unspecified atom stereocenters. The van der Waals surface area contributed by atoms with E-state index in [2.05, 4.69) is 81.6 Å². The third kappa shape index (κ3) is 2.61. The summed E-state index contributed by atoms with van der Waals surface area (Å²) in [6.45, 7) is 0. The van der Waals surface area contributed by atoms with Crippen LogP contribution in [-0.4, -0.2) is 12.1 Å². The van der Waals surface area contributed by atoms with Gasteiger partial charge in [0.05, 0.1) is 12.8 Å². The van der Waals surface area contributed by atoms with E-state index in [1.165, 1.54) is 22.1 Å². The van der Waals surface area contributed by atoms with Crippen LogP contribution in [0, 0.1) is 0 Å². The second-order valence-electron chi connectivity index (χ2n) is 5.66. The minimum Gasteiger partial charge on any atom is -0.497 e. The maximum absolute atomic E-state index is 5.29. The molecule has 4 aromatic rings. The molecule has 0 radical (unpaired) electrons. The highest BCUT2D eigenvalue weighted by atomic mass is 79.9. The predicted octanol–water partition coefficient (Wildman–Crippen LogP) is 6.27. The maximum atomic E-state index is 5.29. The molecule has 4 rings (SSSR count). The van der Waals surface area contributed by atoms with E-state index in [-0.39, 0.29) is 0 Å². The average molecular weight is 378 g/mol. The van der Waals surface area contributed by atoms with Crippen molar-refractivity contribution in [3.63, 3.8) is 0 Å². The summed E-state index contributed by atoms with van der Waals surface area (Å²) < 4.78 is 6.37. The Bertz CT molecular complexity index is 985. The Hall–Kier alpha value is -2.52. The Morgan fingerprint density at radius 2 is 1.46 bits per heavy atom. The molecule has 0 aliphatic rings. The van der Waals surface area contributed by atoms with Crippen molar-refractivity contribution < 1.29 is 4.74 Å². The van der Waals surface area contributed by atoms with Crippen molar-refractivity contribution in [3.05, 3.63) is 77.3 Å². The zero-order valence-electron chi connectivity index (χ0n) is 13.2. The molecule has 0 fully saturated rings. The summed E-state index contributed by atoms with van der Waals surface area (Å²) in [6.07, 6.45) is 0. The van der Waals surface area contributed by atoms with E-state index in [4.69, 9.17) is 4.74 Å². The third-order valence-corrected chi connectivity index (χ3v) is 4.75. The van der Waals surface area contributed by atoms with Gasteiger partial charge in [0.1, 0.15) is 5.75 Å². The Labute approximate surface area is 149 Å². The summed E-state index contributed by atoms with van der Waals surface area (Å²) in [6, 6.07) is 25.0. The number of H-pyrrole nitrogens is 1. The monoisotopic (exact) mass is 377 g/mol. The SMILES string of the molecule is COc1ccc(-c2c(-c3ccc(Br)cc3)[nH]c3ccccc23)cc1. The highest BCUT2D eigenvalue weighted by Gasteiger charge is 2.14. The fraction of sp³-hybridized carbons (Fsp3) is 0.0476. The lowest BCUT2D eigenvalue weighted by molar-refractivity contribution is 0.415. The Morgan fingerprint density at radius 1 is 0.792 bits per heavy atom. The highest BCUT2D eigenvalue weighted by Crippen LogP contribution is 2.38. The summed E-state index contributed by atoms with van der Waals surface area (Å²) in [5.41, 5.74) is 5.83. The van der Waals surface area contributed by atoms with E-state index in [0.29, 0.717) is 0 Å². The van der Waals surface area contributed by atoms with Gasteiger partial charge in [-0.15, -0.1) is 0 Å². The molecule has 118 valence electrons. The van der Waals surface area contributed by atoms with Gasteiger partial charge in [0.25, 0.3) is 0 Å². The van der Waals surface area contributed by atoms with Crippen molar-refractivity contribution in [1.29, 1.82) is 0 Å². The van der Waals surface area contributed by atoms with Gasteiger partial charge in [0.15, 0.2) is 0 Å². The van der Waals surface area contributed by atoms with Crippen molar-refractivity contribution in [2.75, 3.05) is 7.11 Å². The highest BCUT2D eigenvalue weighted by molar-refractivity contribution is 9.10. The molecule has 0 saturated carbocycles. The van der Waals surface area contributed by atoms with Crippen LogP contribution in [0.2, 0.25) is 0 Å². The Kier molecular flexibility index (Phi) is 3.87. The zero-order valence-corrected chi connectivity index (χ0v) is 14.8. The van der Waals surface area contributed by atoms with Crippen molar-refractivity contribution >= 4 is 26.8 Å². The molecule has 0 aliphatic heterocycles. The molecule has 0 atom stereocenters. The fourth-order valence-electron chi connectivity index (χ4n) is 3.03. The quantitative estimate of drug-likeness (QED) is 0.446. The second kappa shape index (κ2) is 6.17. The molecule has 0 aliphatic carbocycles. The fourth-order valence-corrected chi connectivity index (χ4v) is 3.30. The zero-order chi connectivity index (χ0) is 16.5. The molecule has 1 aromatic heterocycles. The standard InChI is InChI=1S/C21H16BrNO/c1-24-17-12-8-14(9-13-17)20-18-4-2-3-5-19(18)23-21(20)15-6-10-16(22)11-7-15/h2-13,23H,1H3. The van der Waals surface area contributed by atoms with Crippen LogP contribution in [0.3, 0.4) is 0 Å². The number of aromatic nitrogens is 1. The average Bonchev–Trinajstić information content (AvgIpc) is 3.02. The molecule has 3 heteroatoms. The first-order valence-electron chi connectivity index (χ1n) is 7.77. The molecule has 2 nitrogen and oxygen atoms in total. The van der Waals surface area contributed by atoms with Gasteiger partial charge in [0, 0.05) is 20.9 Å². The maximum Gasteiger partial charge on any atom is 0.118 e. The topological polar surface area (TPSA) is 25.0 Å². The smallest absolute Gasteiger partial charge is 0.118 e. The number of hydrogen-bond acceptors (Lipinski definition) is 1. The number of rotatable bonds is 3. The lowest BCUT2D eigenvalue weighted by atomic mass is 9.98. The van der Waals surface area contributed by atoms with Gasteiger partial charge in [0.2, 0.25) is 0 Å². The molecule has 0 bridgehead atoms. The number of nitrogens with one attached hydrogen (secondary N) is 1. The summed E-state index contributed by atoms with van der Waals surface area (Å²) in [5, 5.41) is 1.22. The third-order valence-electron chi connectivity index (χ3n) is 4.22. The molecular formula is C21H16BrNO. The molecule has 0 saturated heterocycles. The molecular weight excluding hydrogens is 362 g/mol. The van der Waals surface area contributed by atoms with Gasteiger partial charge in [-0.05, 0) is 41.5 Å². The van der Waals surface area contributed by atoms with Crippen molar-refractivity contribution in [1.82, 2.24) is 4.98 Å². The first-order valence-corrected chi connectivity index (χ1v) is 8.56. The number of hydrogen-bond donors (Lipinski definition) is 1. The summed E-state index contributed by atoms with van der Waals surface area (Å²) in [4.78, 5) is 3.58. The number of benzene rings is 3. The lowest BCUT2D eigenvalue weighted by Crippen LogP contribution is -1.85. The minimum absolute atomic E-state index is 0.865. The summed E-state index contributed by atoms with van der Waals surface area (Å²) in [5.74, 6) is 0.865. The Morgan fingerprint density at radius 3 is 2.17 bits per heavy atom. The lowest BCUT2D eigenvalue weighted by Gasteiger charge is -2.07. The van der Waals surface area contributed by atoms with E-state index >= 15 is 0 Å². The summed E-state index contributed by atoms with van der Waals surface area (Å²) in [7, 11) is 1.69. The summed E-state index contributed by atoms with van der Waals surface area (Å²) >= 11 is 3.51. The predicted molar refractivity (Wildman–Crippen MR) is 103 cm³/mol. The molecule has 3 aromatic carbocycles. The van der Waals surface area contributed by atoms with E-state index in [0.717, 1.165) is 21.4 Å². The first-order chi connectivity index (χ1) is 11.8. The van der Waals surface area contributed by atoms with Crippen LogP contribution in [0.15, 0.2) is 77.3 Å². The minimum atomic E-state index is 0.865. The van der Waals surface area contributed by atoms with E-state index in [9.17, 15) is 0 Å². The van der Waals surface area contributed by atoms with Crippen LogP contribution >= 0.6 is 15.9 Å². The van der Waals surface area contributed by atoms with Crippen LogP contribution in [0.25, 0.3) is 33.3 Å². The molecule has 24 heavy (non-hydrogen) atoms. The Balaban J connectivity index is 1.97. The molecule has 1 N–H and O–H groups in total. The second-order valence-corrected chi connectivity index (χ2v) is 6.57. The van der Waals surface area contributed by atoms with Crippen LogP contribution in [-0.2, 0) is 0 Å². The molecule has 1 heterocycles. The van der Waals surface area contributed by atoms with Gasteiger partial charge in [-0.2, -0.15) is 0 Å². The van der Waals surface area contributed by atoms with E-state index in [1.54, 1.807) is 7.11 Å². The number of aromatic amines is 1. The van der Waals surface area contributed by atoms with E-state index in [1.807, 2.05) is 12.1 Å². The number of methoxy groups -OCH3 is 1. The van der Waals surface area contributed by atoms with E-state index < -0.39 is 0 Å². The molecule has 0 amide bonds. The van der Waals surface area contributed by atoms with Crippen molar-refractivity contribution in [3.8, 4) is 28.1 Å². The van der Waals surface area contributed by atoms with Crippen molar-refractivity contribution in [2.45, 2.75) is 0 Å². The van der Waals surface area contributed by atoms with Crippen LogP contribution in [0.4, 0.5) is 0 Å². The van der Waals surface area contributed by atoms with Gasteiger partial charge in [-0.25, -0.2) is 0 Å². The van der Waals surface area contributed by atoms with Crippen LogP contribution < -0.4 is 4.74 Å². The first kappa shape index (κ1) is 15.0. The van der Waals surface area contributed by atoms with Gasteiger partial charge >= 0.3 is 0 Å². The normalized spacial score (nSPS) is 10.9. The van der Waals surface area contributed by atoms with Crippen LogP contribution in [0.1, 0.15) is 0 Å². The van der Waals surface area contributed by atoms with Gasteiger partial charge in [-0.3, -0.25) is 0 Å². The largest absolute Gasteiger partial charge is 0.497 e. The van der Waals surface area contributed by atoms with Gasteiger partial charge < -0.3 is 9.72 Å². The van der Waals surface area contributed by atoms with Gasteiger partial charge in [-0.1, -0.05) is 58.4 Å². The van der Waals surface area contributed by atoms with Crippen molar-refractivity contribution in [2.24, 2.45) is 0 Å². The number of halogens is 1. The number of ether oxygens (including phenoxy) is 1.